The molecule has 2 amide bonds. The SMILES string of the molecule is O=C(Nc1cccnc1)N[C@@H]1CCN(c2nc(NCC(c3ccccc3)c3ccccc3)c3ncn([C@@H]4O[C@H](c5nnn(Cc6ccccc6)n5)[C@@H](O)[C@@H]4O)c3n2)C1. The molecule has 58 heavy (non-hydrogen) atoms. The fourth-order valence-corrected chi connectivity index (χ4v) is 7.49. The number of carbonyl (C=O) groups excluding carboxylic acids is 1. The Bertz CT molecular complexity index is 2410. The van der Waals surface area contributed by atoms with Gasteiger partial charge in [0, 0.05) is 37.8 Å². The summed E-state index contributed by atoms with van der Waals surface area (Å²) in [6.45, 7) is 1.88. The molecule has 3 aromatic carbocycles. The third kappa shape index (κ3) is 7.77. The predicted molar refractivity (Wildman–Crippen MR) is 214 cm³/mol. The second-order valence-electron chi connectivity index (χ2n) is 14.3. The first kappa shape index (κ1) is 36.8. The van der Waals surface area contributed by atoms with Crippen molar-refractivity contribution in [3.05, 3.63) is 144 Å². The Kier molecular flexibility index (Phi) is 10.4. The molecule has 2 saturated heterocycles. The topological polar surface area (TPSA) is 206 Å². The first-order valence-electron chi connectivity index (χ1n) is 19.1. The molecule has 2 fully saturated rings. The molecular weight excluding hydrogens is 739 g/mol. The molecule has 9 rings (SSSR count). The molecule has 0 spiro atoms. The number of amides is 2. The number of nitrogens with one attached hydrogen (secondary N) is 3. The normalized spacial score (nSPS) is 20.5. The number of aromatic nitrogens is 9. The standard InChI is InChI=1S/C41H41N13O4/c55-33-34(56)39(58-35(33)37-49-51-54(50-37)23-26-11-4-1-5-12-26)53-25-44-32-36(43-22-31(27-13-6-2-7-14-27)28-15-8-3-9-16-28)47-40(48-38(32)53)52-20-18-30(24-52)46-41(57)45-29-17-10-19-42-21-29/h1-17,19,21,25,30-31,33-35,39,55-56H,18,20,22-24H2,(H,43,47,48)(H2,45,46,57)/t30-,33+,34+,35+,39-/m1/s1. The number of ether oxygens (including phenoxy) is 1. The van der Waals surface area contributed by atoms with Crippen LogP contribution in [0.3, 0.4) is 0 Å². The number of benzene rings is 3. The first-order valence-corrected chi connectivity index (χ1v) is 19.1. The van der Waals surface area contributed by atoms with Gasteiger partial charge in [-0.1, -0.05) is 91.0 Å². The van der Waals surface area contributed by atoms with Gasteiger partial charge in [-0.25, -0.2) is 9.78 Å². The summed E-state index contributed by atoms with van der Waals surface area (Å²) in [6, 6.07) is 33.2. The number of pyridine rings is 1. The van der Waals surface area contributed by atoms with Crippen molar-refractivity contribution < 1.29 is 19.7 Å². The van der Waals surface area contributed by atoms with Gasteiger partial charge in [-0.2, -0.15) is 14.8 Å². The van der Waals surface area contributed by atoms with Crippen molar-refractivity contribution in [2.75, 3.05) is 35.2 Å². The third-order valence-electron chi connectivity index (χ3n) is 10.4. The highest BCUT2D eigenvalue weighted by molar-refractivity contribution is 5.89. The average Bonchev–Trinajstić information content (AvgIpc) is 4.07. The molecule has 5 atom stereocenters. The largest absolute Gasteiger partial charge is 0.387 e. The highest BCUT2D eigenvalue weighted by atomic mass is 16.6. The second kappa shape index (κ2) is 16.3. The summed E-state index contributed by atoms with van der Waals surface area (Å²) in [4.78, 5) is 35.0. The van der Waals surface area contributed by atoms with Crippen LogP contribution in [0.1, 0.15) is 47.2 Å². The van der Waals surface area contributed by atoms with Crippen LogP contribution < -0.4 is 20.9 Å². The molecular formula is C41H41N13O4. The number of hydrogen-bond donors (Lipinski definition) is 5. The maximum absolute atomic E-state index is 12.9. The lowest BCUT2D eigenvalue weighted by molar-refractivity contribution is -0.0384. The number of aliphatic hydroxyl groups is 2. The summed E-state index contributed by atoms with van der Waals surface area (Å²) in [5.74, 6) is 1.01. The number of tetrazole rings is 1. The van der Waals surface area contributed by atoms with Crippen molar-refractivity contribution in [2.45, 2.75) is 49.5 Å². The van der Waals surface area contributed by atoms with Crippen LogP contribution in [0.2, 0.25) is 0 Å². The molecule has 0 aliphatic carbocycles. The monoisotopic (exact) mass is 779 g/mol. The van der Waals surface area contributed by atoms with Crippen LogP contribution >= 0.6 is 0 Å². The Hall–Kier alpha value is -6.82. The quantitative estimate of drug-likeness (QED) is 0.120. The van der Waals surface area contributed by atoms with E-state index in [1.54, 1.807) is 29.1 Å². The Labute approximate surface area is 332 Å². The third-order valence-corrected chi connectivity index (χ3v) is 10.4. The van der Waals surface area contributed by atoms with E-state index in [9.17, 15) is 15.0 Å². The smallest absolute Gasteiger partial charge is 0.319 e. The molecule has 5 N–H and O–H groups in total. The number of rotatable bonds is 12. The number of fused-ring (bicyclic) bond motifs is 1. The Morgan fingerprint density at radius 2 is 1.64 bits per heavy atom. The van der Waals surface area contributed by atoms with Crippen LogP contribution in [0.25, 0.3) is 11.2 Å². The highest BCUT2D eigenvalue weighted by Gasteiger charge is 2.47. The fraction of sp³-hybridized carbons (Fsp3) is 0.268. The highest BCUT2D eigenvalue weighted by Crippen LogP contribution is 2.39. The van der Waals surface area contributed by atoms with E-state index in [1.165, 1.54) is 11.1 Å². The van der Waals surface area contributed by atoms with Crippen molar-refractivity contribution in [1.29, 1.82) is 0 Å². The molecule has 17 nitrogen and oxygen atoms in total. The van der Waals surface area contributed by atoms with Crippen LogP contribution in [0.15, 0.2) is 122 Å². The summed E-state index contributed by atoms with van der Waals surface area (Å²) < 4.78 is 7.91. The van der Waals surface area contributed by atoms with Gasteiger partial charge < -0.3 is 35.8 Å². The fourth-order valence-electron chi connectivity index (χ4n) is 7.49. The number of urea groups is 1. The summed E-state index contributed by atoms with van der Waals surface area (Å²) in [7, 11) is 0. The van der Waals surface area contributed by atoms with Gasteiger partial charge >= 0.3 is 6.03 Å². The predicted octanol–water partition coefficient (Wildman–Crippen LogP) is 3.89. The van der Waals surface area contributed by atoms with Gasteiger partial charge in [0.25, 0.3) is 0 Å². The number of carbonyl (C=O) groups is 1. The van der Waals surface area contributed by atoms with E-state index in [0.29, 0.717) is 61.2 Å². The van der Waals surface area contributed by atoms with E-state index >= 15 is 0 Å². The zero-order valence-electron chi connectivity index (χ0n) is 31.2. The van der Waals surface area contributed by atoms with Crippen molar-refractivity contribution in [3.8, 4) is 0 Å². The molecule has 17 heteroatoms. The molecule has 2 aliphatic heterocycles. The Morgan fingerprint density at radius 1 is 0.897 bits per heavy atom. The molecule has 0 unspecified atom stereocenters. The minimum absolute atomic E-state index is 0.0182. The zero-order chi connectivity index (χ0) is 39.4. The van der Waals surface area contributed by atoms with E-state index in [0.717, 1.165) is 16.7 Å². The van der Waals surface area contributed by atoms with Gasteiger partial charge in [-0.05, 0) is 40.5 Å². The maximum atomic E-state index is 12.9. The number of hydrogen-bond acceptors (Lipinski definition) is 13. The van der Waals surface area contributed by atoms with Gasteiger partial charge in [0.15, 0.2) is 29.3 Å². The van der Waals surface area contributed by atoms with Crippen LogP contribution in [0.5, 0.6) is 0 Å². The van der Waals surface area contributed by atoms with Crippen LogP contribution in [-0.4, -0.2) is 98.8 Å². The lowest BCUT2D eigenvalue weighted by atomic mass is 9.91. The van der Waals surface area contributed by atoms with Gasteiger partial charge in [0.05, 0.1) is 24.8 Å². The first-order chi connectivity index (χ1) is 28.5. The minimum atomic E-state index is -1.38. The van der Waals surface area contributed by atoms with Gasteiger partial charge in [0.2, 0.25) is 11.8 Å². The van der Waals surface area contributed by atoms with Crippen molar-refractivity contribution in [1.82, 2.24) is 50.0 Å². The summed E-state index contributed by atoms with van der Waals surface area (Å²) >= 11 is 0. The van der Waals surface area contributed by atoms with Crippen molar-refractivity contribution >= 4 is 34.6 Å². The lowest BCUT2D eigenvalue weighted by Gasteiger charge is -2.22. The number of imidazole rings is 1. The molecule has 6 heterocycles. The van der Waals surface area contributed by atoms with Crippen LogP contribution in [0.4, 0.5) is 22.2 Å². The maximum Gasteiger partial charge on any atom is 0.319 e. The second-order valence-corrected chi connectivity index (χ2v) is 14.3. The molecule has 0 bridgehead atoms. The van der Waals surface area contributed by atoms with E-state index < -0.39 is 24.5 Å². The molecule has 7 aromatic rings. The summed E-state index contributed by atoms with van der Waals surface area (Å²) in [5.41, 5.74) is 4.67. The zero-order valence-corrected chi connectivity index (χ0v) is 31.2. The van der Waals surface area contributed by atoms with Crippen molar-refractivity contribution in [2.24, 2.45) is 0 Å². The number of nitrogens with zero attached hydrogens (tertiary/aromatic N) is 10. The summed E-state index contributed by atoms with van der Waals surface area (Å²) in [5, 5.41) is 44.9. The van der Waals surface area contributed by atoms with Crippen LogP contribution in [-0.2, 0) is 11.3 Å². The van der Waals surface area contributed by atoms with Gasteiger partial charge in [-0.3, -0.25) is 9.55 Å². The van der Waals surface area contributed by atoms with Gasteiger partial charge in [0.1, 0.15) is 12.2 Å². The molecule has 2 aliphatic rings. The Balaban J connectivity index is 1.01. The van der Waals surface area contributed by atoms with E-state index in [4.69, 9.17) is 19.7 Å². The number of aliphatic hydroxyl groups excluding tert-OH is 2. The number of anilines is 3. The molecule has 0 radical (unpaired) electrons. The van der Waals surface area contributed by atoms with Crippen molar-refractivity contribution in [3.63, 3.8) is 0 Å². The lowest BCUT2D eigenvalue weighted by Crippen LogP contribution is -2.40. The Morgan fingerprint density at radius 3 is 2.36 bits per heavy atom. The minimum Gasteiger partial charge on any atom is -0.387 e. The van der Waals surface area contributed by atoms with Crippen LogP contribution in [0, 0.1) is 0 Å². The van der Waals surface area contributed by atoms with Gasteiger partial charge in [-0.15, -0.1) is 10.2 Å². The average molecular weight is 780 g/mol. The molecule has 4 aromatic heterocycles. The summed E-state index contributed by atoms with van der Waals surface area (Å²) in [6.07, 6.45) is 0.511. The van der Waals surface area contributed by atoms with E-state index in [2.05, 4.69) is 60.6 Å². The van der Waals surface area contributed by atoms with E-state index in [-0.39, 0.29) is 23.8 Å². The molecule has 0 saturated carbocycles. The van der Waals surface area contributed by atoms with E-state index in [1.807, 2.05) is 71.6 Å². The molecule has 294 valence electrons.